The molecule has 3 N–H and O–H groups in total. The summed E-state index contributed by atoms with van der Waals surface area (Å²) in [5, 5.41) is 8.89. The quantitative estimate of drug-likeness (QED) is 0.696. The van der Waals surface area contributed by atoms with Gasteiger partial charge in [-0.1, -0.05) is 39.3 Å². The molecule has 0 aromatic rings. The first-order valence-corrected chi connectivity index (χ1v) is 5.52. The Labute approximate surface area is 100 Å². The molecule has 0 heterocycles. The maximum Gasteiger partial charge on any atom is 0.0585 e. The first-order chi connectivity index (χ1) is 6.47. The van der Waals surface area contributed by atoms with Crippen molar-refractivity contribution in [3.8, 4) is 0 Å². The molecular formula is C12H26ClNO. The number of hydrogen-bond acceptors (Lipinski definition) is 2. The summed E-state index contributed by atoms with van der Waals surface area (Å²) in [6.07, 6.45) is 4.21. The van der Waals surface area contributed by atoms with Crippen molar-refractivity contribution in [2.75, 3.05) is 6.61 Å². The van der Waals surface area contributed by atoms with Crippen molar-refractivity contribution >= 4 is 12.4 Å². The highest BCUT2D eigenvalue weighted by Crippen LogP contribution is 2.17. The minimum absolute atomic E-state index is 0. The van der Waals surface area contributed by atoms with Crippen LogP contribution in [0.2, 0.25) is 0 Å². The van der Waals surface area contributed by atoms with Crippen LogP contribution < -0.4 is 5.73 Å². The van der Waals surface area contributed by atoms with E-state index in [-0.39, 0.29) is 25.1 Å². The maximum absolute atomic E-state index is 8.89. The number of rotatable bonds is 6. The summed E-state index contributed by atoms with van der Waals surface area (Å²) >= 11 is 0. The van der Waals surface area contributed by atoms with E-state index < -0.39 is 0 Å². The van der Waals surface area contributed by atoms with Gasteiger partial charge in [-0.25, -0.2) is 0 Å². The van der Waals surface area contributed by atoms with Crippen molar-refractivity contribution in [2.45, 2.75) is 46.6 Å². The smallest absolute Gasteiger partial charge is 0.0585 e. The minimum atomic E-state index is -0.101. The van der Waals surface area contributed by atoms with E-state index >= 15 is 0 Å². The van der Waals surface area contributed by atoms with Crippen LogP contribution >= 0.6 is 12.4 Å². The molecule has 3 heteroatoms. The Morgan fingerprint density at radius 3 is 2.13 bits per heavy atom. The van der Waals surface area contributed by atoms with Gasteiger partial charge in [0.2, 0.25) is 0 Å². The molecule has 0 aromatic heterocycles. The largest absolute Gasteiger partial charge is 0.395 e. The lowest BCUT2D eigenvalue weighted by Gasteiger charge is -2.16. The van der Waals surface area contributed by atoms with Gasteiger partial charge in [0.05, 0.1) is 6.61 Å². The van der Waals surface area contributed by atoms with Crippen molar-refractivity contribution in [3.63, 3.8) is 0 Å². The Kier molecular flexibility index (Phi) is 10.6. The van der Waals surface area contributed by atoms with Crippen LogP contribution in [0.3, 0.4) is 0 Å². The fraction of sp³-hybridized carbons (Fsp3) is 0.833. The van der Waals surface area contributed by atoms with Crippen LogP contribution in [-0.2, 0) is 0 Å². The van der Waals surface area contributed by atoms with Crippen molar-refractivity contribution in [3.05, 3.63) is 11.6 Å². The van der Waals surface area contributed by atoms with Crippen LogP contribution in [0.15, 0.2) is 11.6 Å². The molecule has 2 nitrogen and oxygen atoms in total. The molecule has 0 bridgehead atoms. The third-order valence-electron chi connectivity index (χ3n) is 2.33. The molecule has 0 amide bonds. The fourth-order valence-electron chi connectivity index (χ4n) is 1.31. The summed E-state index contributed by atoms with van der Waals surface area (Å²) in [5.41, 5.74) is 7.10. The van der Waals surface area contributed by atoms with Gasteiger partial charge < -0.3 is 10.8 Å². The van der Waals surface area contributed by atoms with Gasteiger partial charge in [0.25, 0.3) is 0 Å². The standard InChI is InChI=1S/C12H25NO.ClH/c1-9(2)5-6-11(10(3)4)7-12(13)8-14;/h6,9-10,12,14H,5,7-8,13H2,1-4H3;1H/b11-6-;. The summed E-state index contributed by atoms with van der Waals surface area (Å²) in [4.78, 5) is 0. The topological polar surface area (TPSA) is 46.2 Å². The molecule has 15 heavy (non-hydrogen) atoms. The van der Waals surface area contributed by atoms with Crippen LogP contribution in [0.25, 0.3) is 0 Å². The molecule has 0 aromatic carbocycles. The third-order valence-corrected chi connectivity index (χ3v) is 2.33. The van der Waals surface area contributed by atoms with E-state index in [1.165, 1.54) is 5.57 Å². The molecule has 0 rings (SSSR count). The third kappa shape index (κ3) is 8.91. The summed E-state index contributed by atoms with van der Waals surface area (Å²) in [5.74, 6) is 1.22. The molecule has 0 saturated carbocycles. The van der Waals surface area contributed by atoms with Crippen molar-refractivity contribution in [1.82, 2.24) is 0 Å². The molecule has 1 atom stereocenters. The lowest BCUT2D eigenvalue weighted by Crippen LogP contribution is -2.25. The van der Waals surface area contributed by atoms with Gasteiger partial charge in [-0.15, -0.1) is 12.4 Å². The summed E-state index contributed by atoms with van der Waals surface area (Å²) < 4.78 is 0. The first kappa shape index (κ1) is 17.3. The van der Waals surface area contributed by atoms with E-state index in [9.17, 15) is 0 Å². The number of hydrogen-bond donors (Lipinski definition) is 2. The average molecular weight is 236 g/mol. The Bertz CT molecular complexity index is 178. The zero-order valence-corrected chi connectivity index (χ0v) is 11.2. The van der Waals surface area contributed by atoms with Gasteiger partial charge >= 0.3 is 0 Å². The molecule has 0 aliphatic heterocycles. The molecule has 0 radical (unpaired) electrons. The first-order valence-electron chi connectivity index (χ1n) is 5.52. The summed E-state index contributed by atoms with van der Waals surface area (Å²) in [6.45, 7) is 8.85. The van der Waals surface area contributed by atoms with Crippen LogP contribution in [-0.4, -0.2) is 17.8 Å². The monoisotopic (exact) mass is 235 g/mol. The van der Waals surface area contributed by atoms with Gasteiger partial charge in [-0.3, -0.25) is 0 Å². The second-order valence-electron chi connectivity index (χ2n) is 4.71. The number of nitrogens with two attached hydrogens (primary N) is 1. The average Bonchev–Trinajstić information content (AvgIpc) is 2.10. The second kappa shape index (κ2) is 9.20. The number of allylic oxidation sites excluding steroid dienone is 1. The molecule has 0 saturated heterocycles. The van der Waals surface area contributed by atoms with Gasteiger partial charge in [-0.05, 0) is 24.7 Å². The lowest BCUT2D eigenvalue weighted by molar-refractivity contribution is 0.263. The fourth-order valence-corrected chi connectivity index (χ4v) is 1.31. The molecule has 0 aliphatic carbocycles. The minimum Gasteiger partial charge on any atom is -0.395 e. The van der Waals surface area contributed by atoms with Crippen molar-refractivity contribution < 1.29 is 5.11 Å². The molecule has 0 fully saturated rings. The SMILES string of the molecule is CC(C)C/C=C(/CC(N)CO)C(C)C.Cl. The van der Waals surface area contributed by atoms with Crippen molar-refractivity contribution in [2.24, 2.45) is 17.6 Å². The Balaban J connectivity index is 0. The molecular weight excluding hydrogens is 210 g/mol. The van der Waals surface area contributed by atoms with Gasteiger partial charge in [0.1, 0.15) is 0 Å². The highest BCUT2D eigenvalue weighted by atomic mass is 35.5. The van der Waals surface area contributed by atoms with Crippen molar-refractivity contribution in [1.29, 1.82) is 0 Å². The summed E-state index contributed by atoms with van der Waals surface area (Å²) in [6, 6.07) is -0.101. The summed E-state index contributed by atoms with van der Waals surface area (Å²) in [7, 11) is 0. The molecule has 1 unspecified atom stereocenters. The zero-order chi connectivity index (χ0) is 11.1. The highest BCUT2D eigenvalue weighted by molar-refractivity contribution is 5.85. The van der Waals surface area contributed by atoms with E-state index in [1.807, 2.05) is 0 Å². The van der Waals surface area contributed by atoms with Gasteiger partial charge in [0.15, 0.2) is 0 Å². The number of aliphatic hydroxyl groups is 1. The molecule has 0 spiro atoms. The zero-order valence-electron chi connectivity index (χ0n) is 10.4. The van der Waals surface area contributed by atoms with Crippen LogP contribution in [0.1, 0.15) is 40.5 Å². The van der Waals surface area contributed by atoms with Gasteiger partial charge in [0, 0.05) is 6.04 Å². The Hall–Kier alpha value is -0.0500. The number of halogens is 1. The van der Waals surface area contributed by atoms with Crippen LogP contribution in [0.5, 0.6) is 0 Å². The predicted molar refractivity (Wildman–Crippen MR) is 69.3 cm³/mol. The normalized spacial score (nSPS) is 14.3. The van der Waals surface area contributed by atoms with E-state index in [0.29, 0.717) is 11.8 Å². The molecule has 0 aliphatic rings. The predicted octanol–water partition coefficient (Wildman–Crippen LogP) is 2.75. The van der Waals surface area contributed by atoms with E-state index in [1.54, 1.807) is 0 Å². The lowest BCUT2D eigenvalue weighted by atomic mass is 9.94. The van der Waals surface area contributed by atoms with Gasteiger partial charge in [-0.2, -0.15) is 0 Å². The number of aliphatic hydroxyl groups excluding tert-OH is 1. The second-order valence-corrected chi connectivity index (χ2v) is 4.71. The van der Waals surface area contributed by atoms with E-state index in [0.717, 1.165) is 12.8 Å². The Morgan fingerprint density at radius 2 is 1.80 bits per heavy atom. The van der Waals surface area contributed by atoms with Crippen LogP contribution in [0.4, 0.5) is 0 Å². The Morgan fingerprint density at radius 1 is 1.27 bits per heavy atom. The van der Waals surface area contributed by atoms with E-state index in [2.05, 4.69) is 33.8 Å². The molecule has 92 valence electrons. The van der Waals surface area contributed by atoms with Crippen LogP contribution in [0, 0.1) is 11.8 Å². The maximum atomic E-state index is 8.89. The highest BCUT2D eigenvalue weighted by Gasteiger charge is 2.08. The van der Waals surface area contributed by atoms with E-state index in [4.69, 9.17) is 10.8 Å².